The van der Waals surface area contributed by atoms with E-state index >= 15 is 0 Å². The van der Waals surface area contributed by atoms with E-state index in [1.54, 1.807) is 37.4 Å². The Morgan fingerprint density at radius 3 is 2.60 bits per heavy atom. The molecule has 1 aromatic heterocycles. The van der Waals surface area contributed by atoms with Crippen LogP contribution in [-0.4, -0.2) is 25.1 Å². The highest BCUT2D eigenvalue weighted by Crippen LogP contribution is 2.30. The summed E-state index contributed by atoms with van der Waals surface area (Å²) >= 11 is 0. The Bertz CT molecular complexity index is 905. The first kappa shape index (κ1) is 16.4. The lowest BCUT2D eigenvalue weighted by molar-refractivity contribution is 0.102. The number of carbonyl (C=O) groups is 1. The van der Waals surface area contributed by atoms with Gasteiger partial charge in [-0.3, -0.25) is 4.79 Å². The van der Waals surface area contributed by atoms with E-state index in [0.29, 0.717) is 28.4 Å². The van der Waals surface area contributed by atoms with Gasteiger partial charge in [-0.15, -0.1) is 0 Å². The molecule has 0 aliphatic rings. The molecule has 3 rings (SSSR count). The van der Waals surface area contributed by atoms with Gasteiger partial charge in [0.25, 0.3) is 5.91 Å². The Balaban J connectivity index is 1.80. The molecule has 0 unspecified atom stereocenters. The number of nitrogen functional groups attached to an aromatic ring is 1. The lowest BCUT2D eigenvalue weighted by atomic mass is 10.2. The number of oxazole rings is 1. The van der Waals surface area contributed by atoms with Gasteiger partial charge >= 0.3 is 0 Å². The summed E-state index contributed by atoms with van der Waals surface area (Å²) in [6.45, 7) is 0. The molecule has 3 aromatic rings. The van der Waals surface area contributed by atoms with Gasteiger partial charge in [-0.1, -0.05) is 12.1 Å². The highest BCUT2D eigenvalue weighted by atomic mass is 16.5. The molecular weight excluding hydrogens is 322 g/mol. The second-order valence-corrected chi connectivity index (χ2v) is 5.15. The zero-order valence-corrected chi connectivity index (χ0v) is 13.8. The Hall–Kier alpha value is -3.48. The van der Waals surface area contributed by atoms with Crippen LogP contribution in [0.2, 0.25) is 0 Å². The molecule has 0 bridgehead atoms. The number of methoxy groups -OCH3 is 2. The van der Waals surface area contributed by atoms with Crippen molar-refractivity contribution in [3.05, 3.63) is 54.4 Å². The molecule has 0 radical (unpaired) electrons. The van der Waals surface area contributed by atoms with Gasteiger partial charge in [0.2, 0.25) is 5.89 Å². The number of nitrogens with one attached hydrogen (secondary N) is 1. The van der Waals surface area contributed by atoms with Gasteiger partial charge in [-0.05, 0) is 24.3 Å². The zero-order valence-electron chi connectivity index (χ0n) is 13.8. The molecule has 3 N–H and O–H groups in total. The Morgan fingerprint density at radius 2 is 1.88 bits per heavy atom. The summed E-state index contributed by atoms with van der Waals surface area (Å²) in [5, 5.41) is 2.74. The van der Waals surface area contributed by atoms with Gasteiger partial charge in [0.1, 0.15) is 6.26 Å². The second-order valence-electron chi connectivity index (χ2n) is 5.15. The van der Waals surface area contributed by atoms with Gasteiger partial charge in [0.05, 0.1) is 19.8 Å². The fraction of sp³-hybridized carbons (Fsp3) is 0.111. The molecule has 128 valence electrons. The molecule has 0 saturated carbocycles. The third kappa shape index (κ3) is 3.40. The lowest BCUT2D eigenvalue weighted by Gasteiger charge is -2.09. The van der Waals surface area contributed by atoms with Crippen molar-refractivity contribution in [2.75, 3.05) is 25.3 Å². The van der Waals surface area contributed by atoms with Crippen molar-refractivity contribution < 1.29 is 18.7 Å². The minimum atomic E-state index is -0.406. The van der Waals surface area contributed by atoms with E-state index in [1.165, 1.54) is 13.4 Å². The summed E-state index contributed by atoms with van der Waals surface area (Å²) < 4.78 is 15.8. The highest BCUT2D eigenvalue weighted by Gasteiger charge is 2.16. The average Bonchev–Trinajstić information content (AvgIpc) is 3.12. The highest BCUT2D eigenvalue weighted by molar-refractivity contribution is 6.03. The molecule has 0 aliphatic carbocycles. The molecule has 0 saturated heterocycles. The summed E-state index contributed by atoms with van der Waals surface area (Å²) in [5.41, 5.74) is 7.74. The number of carbonyl (C=O) groups excluding carboxylic acids is 1. The van der Waals surface area contributed by atoms with Crippen molar-refractivity contribution in [1.82, 2.24) is 4.98 Å². The standard InChI is InChI=1S/C18H17N3O4/c1-23-15-8-7-11(9-16(15)24-2)20-17(22)14-10-25-18(21-14)12-5-3-4-6-13(12)19/h3-10H,19H2,1-2H3,(H,20,22). The number of nitrogens with two attached hydrogens (primary N) is 1. The number of amides is 1. The first-order valence-electron chi connectivity index (χ1n) is 7.46. The maximum absolute atomic E-state index is 12.4. The number of para-hydroxylation sites is 1. The van der Waals surface area contributed by atoms with Crippen LogP contribution in [0.3, 0.4) is 0 Å². The van der Waals surface area contributed by atoms with E-state index in [4.69, 9.17) is 19.6 Å². The van der Waals surface area contributed by atoms with Gasteiger partial charge in [-0.25, -0.2) is 4.98 Å². The largest absolute Gasteiger partial charge is 0.493 e. The zero-order chi connectivity index (χ0) is 17.8. The SMILES string of the molecule is COc1ccc(NC(=O)c2coc(-c3ccccc3N)n2)cc1OC. The van der Waals surface area contributed by atoms with E-state index in [1.807, 2.05) is 12.1 Å². The van der Waals surface area contributed by atoms with E-state index in [2.05, 4.69) is 10.3 Å². The number of ether oxygens (including phenoxy) is 2. The van der Waals surface area contributed by atoms with Crippen molar-refractivity contribution in [2.24, 2.45) is 0 Å². The third-order valence-electron chi connectivity index (χ3n) is 3.57. The molecule has 1 heterocycles. The first-order chi connectivity index (χ1) is 12.1. The average molecular weight is 339 g/mol. The molecule has 2 aromatic carbocycles. The number of hydrogen-bond acceptors (Lipinski definition) is 6. The van der Waals surface area contributed by atoms with E-state index in [0.717, 1.165) is 0 Å². The molecule has 7 nitrogen and oxygen atoms in total. The molecule has 0 spiro atoms. The number of anilines is 2. The van der Waals surface area contributed by atoms with Crippen LogP contribution in [0.15, 0.2) is 53.1 Å². The van der Waals surface area contributed by atoms with Crippen LogP contribution >= 0.6 is 0 Å². The van der Waals surface area contributed by atoms with Crippen molar-refractivity contribution in [3.8, 4) is 23.0 Å². The summed E-state index contributed by atoms with van der Waals surface area (Å²) in [5.74, 6) is 0.967. The predicted octanol–water partition coefficient (Wildman–Crippen LogP) is 3.19. The van der Waals surface area contributed by atoms with Crippen LogP contribution in [-0.2, 0) is 0 Å². The smallest absolute Gasteiger partial charge is 0.277 e. The maximum Gasteiger partial charge on any atom is 0.277 e. The third-order valence-corrected chi connectivity index (χ3v) is 3.57. The van der Waals surface area contributed by atoms with Gasteiger partial charge in [-0.2, -0.15) is 0 Å². The summed E-state index contributed by atoms with van der Waals surface area (Å²) in [6, 6.07) is 12.2. The van der Waals surface area contributed by atoms with Crippen molar-refractivity contribution in [2.45, 2.75) is 0 Å². The van der Waals surface area contributed by atoms with Crippen LogP contribution in [0.5, 0.6) is 11.5 Å². The van der Waals surface area contributed by atoms with Crippen molar-refractivity contribution >= 4 is 17.3 Å². The number of aromatic nitrogens is 1. The fourth-order valence-electron chi connectivity index (χ4n) is 2.30. The minimum Gasteiger partial charge on any atom is -0.493 e. The fourth-order valence-corrected chi connectivity index (χ4v) is 2.30. The Labute approximate surface area is 144 Å². The van der Waals surface area contributed by atoms with Crippen LogP contribution in [0.25, 0.3) is 11.5 Å². The predicted molar refractivity (Wildman–Crippen MR) is 93.9 cm³/mol. The summed E-state index contributed by atoms with van der Waals surface area (Å²) in [4.78, 5) is 16.6. The number of benzene rings is 2. The normalized spacial score (nSPS) is 10.3. The topological polar surface area (TPSA) is 99.6 Å². The van der Waals surface area contributed by atoms with Crippen LogP contribution in [0.4, 0.5) is 11.4 Å². The molecule has 25 heavy (non-hydrogen) atoms. The van der Waals surface area contributed by atoms with E-state index in [9.17, 15) is 4.79 Å². The van der Waals surface area contributed by atoms with E-state index in [-0.39, 0.29) is 11.6 Å². The number of nitrogens with zero attached hydrogens (tertiary/aromatic N) is 1. The van der Waals surface area contributed by atoms with E-state index < -0.39 is 5.91 Å². The number of hydrogen-bond donors (Lipinski definition) is 2. The summed E-state index contributed by atoms with van der Waals surface area (Å²) in [7, 11) is 3.07. The van der Waals surface area contributed by atoms with Crippen molar-refractivity contribution in [1.29, 1.82) is 0 Å². The Kier molecular flexibility index (Phi) is 4.56. The van der Waals surface area contributed by atoms with Gasteiger partial charge < -0.3 is 24.9 Å². The molecule has 0 fully saturated rings. The first-order valence-corrected chi connectivity index (χ1v) is 7.46. The van der Waals surface area contributed by atoms with Gasteiger partial charge in [0.15, 0.2) is 17.2 Å². The van der Waals surface area contributed by atoms with Crippen LogP contribution < -0.4 is 20.5 Å². The molecule has 0 aliphatic heterocycles. The summed E-state index contributed by atoms with van der Waals surface area (Å²) in [6.07, 6.45) is 1.29. The molecule has 7 heteroatoms. The second kappa shape index (κ2) is 6.96. The quantitative estimate of drug-likeness (QED) is 0.693. The Morgan fingerprint density at radius 1 is 1.12 bits per heavy atom. The van der Waals surface area contributed by atoms with Crippen LogP contribution in [0.1, 0.15) is 10.5 Å². The van der Waals surface area contributed by atoms with Crippen molar-refractivity contribution in [3.63, 3.8) is 0 Å². The van der Waals surface area contributed by atoms with Gasteiger partial charge in [0, 0.05) is 17.4 Å². The van der Waals surface area contributed by atoms with Crippen LogP contribution in [0, 0.1) is 0 Å². The molecule has 1 amide bonds. The minimum absolute atomic E-state index is 0.146. The lowest BCUT2D eigenvalue weighted by Crippen LogP contribution is -2.12. The number of rotatable bonds is 5. The molecule has 0 atom stereocenters. The molecular formula is C18H17N3O4. The monoisotopic (exact) mass is 339 g/mol. The maximum atomic E-state index is 12.4.